The zero-order valence-electron chi connectivity index (χ0n) is 15.8. The largest absolute Gasteiger partial charge is 0.497 e. The van der Waals surface area contributed by atoms with Crippen molar-refractivity contribution in [1.82, 2.24) is 4.98 Å². The highest BCUT2D eigenvalue weighted by atomic mass is 32.2. The Morgan fingerprint density at radius 3 is 2.33 bits per heavy atom. The average molecular weight is 440 g/mol. The van der Waals surface area contributed by atoms with Crippen molar-refractivity contribution < 1.29 is 17.9 Å². The van der Waals surface area contributed by atoms with Crippen molar-refractivity contribution in [2.75, 3.05) is 17.1 Å². The second-order valence-corrected chi connectivity index (χ2v) is 9.01. The average Bonchev–Trinajstić information content (AvgIpc) is 3.16. The van der Waals surface area contributed by atoms with Gasteiger partial charge in [-0.3, -0.25) is 14.8 Å². The summed E-state index contributed by atoms with van der Waals surface area (Å²) in [5, 5.41) is 3.23. The number of hydrogen-bond donors (Lipinski definition) is 2. The molecule has 4 aromatic rings. The Morgan fingerprint density at radius 1 is 0.967 bits per heavy atom. The van der Waals surface area contributed by atoms with Crippen LogP contribution in [-0.4, -0.2) is 26.4 Å². The van der Waals surface area contributed by atoms with Gasteiger partial charge in [0.25, 0.3) is 15.9 Å². The van der Waals surface area contributed by atoms with Crippen LogP contribution in [0.25, 0.3) is 10.2 Å². The van der Waals surface area contributed by atoms with Crippen molar-refractivity contribution in [3.63, 3.8) is 0 Å². The molecule has 0 radical (unpaired) electrons. The van der Waals surface area contributed by atoms with Crippen LogP contribution in [0.15, 0.2) is 77.7 Å². The Kier molecular flexibility index (Phi) is 5.39. The third-order valence-electron chi connectivity index (χ3n) is 4.28. The number of nitrogens with zero attached hydrogens (tertiary/aromatic N) is 1. The summed E-state index contributed by atoms with van der Waals surface area (Å²) in [6, 6.07) is 19.8. The monoisotopic (exact) mass is 439 g/mol. The number of rotatable bonds is 6. The fourth-order valence-corrected chi connectivity index (χ4v) is 4.67. The summed E-state index contributed by atoms with van der Waals surface area (Å²) in [5.41, 5.74) is 1.55. The third-order valence-corrected chi connectivity index (χ3v) is 6.63. The van der Waals surface area contributed by atoms with Crippen molar-refractivity contribution in [3.05, 3.63) is 78.4 Å². The molecular formula is C21H17N3O4S2. The number of methoxy groups -OCH3 is 1. The molecular weight excluding hydrogens is 422 g/mol. The molecule has 9 heteroatoms. The molecule has 0 fully saturated rings. The molecule has 0 aliphatic carbocycles. The molecule has 1 aromatic heterocycles. The quantitative estimate of drug-likeness (QED) is 0.465. The maximum absolute atomic E-state index is 12.6. The van der Waals surface area contributed by atoms with Crippen molar-refractivity contribution in [2.24, 2.45) is 0 Å². The lowest BCUT2D eigenvalue weighted by Gasteiger charge is -2.09. The predicted octanol–water partition coefficient (Wildman–Crippen LogP) is 4.36. The zero-order chi connectivity index (χ0) is 21.1. The number of para-hydroxylation sites is 1. The molecule has 0 bridgehead atoms. The standard InChI is InChI=1S/C21H17N3O4S2/c1-28-16-10-8-15(9-11-16)24-30(26,27)17-12-6-14(7-13-17)20(25)23-21-22-18-4-2-3-5-19(18)29-21/h2-13,24H,1H3,(H,22,23,25). The van der Waals surface area contributed by atoms with E-state index in [9.17, 15) is 13.2 Å². The van der Waals surface area contributed by atoms with E-state index in [0.717, 1.165) is 10.2 Å². The fraction of sp³-hybridized carbons (Fsp3) is 0.0476. The second-order valence-electron chi connectivity index (χ2n) is 6.30. The summed E-state index contributed by atoms with van der Waals surface area (Å²) in [6.07, 6.45) is 0. The van der Waals surface area contributed by atoms with E-state index in [0.29, 0.717) is 22.1 Å². The van der Waals surface area contributed by atoms with Gasteiger partial charge in [-0.2, -0.15) is 0 Å². The van der Waals surface area contributed by atoms with Crippen LogP contribution in [-0.2, 0) is 10.0 Å². The molecule has 152 valence electrons. The lowest BCUT2D eigenvalue weighted by Crippen LogP contribution is -2.14. The molecule has 0 aliphatic heterocycles. The first kappa shape index (κ1) is 19.9. The molecule has 30 heavy (non-hydrogen) atoms. The molecule has 0 saturated heterocycles. The Morgan fingerprint density at radius 2 is 1.67 bits per heavy atom. The number of carbonyl (C=O) groups is 1. The van der Waals surface area contributed by atoms with Gasteiger partial charge in [0.1, 0.15) is 5.75 Å². The number of ether oxygens (including phenoxy) is 1. The number of nitrogens with one attached hydrogen (secondary N) is 2. The van der Waals surface area contributed by atoms with E-state index in [2.05, 4.69) is 15.0 Å². The molecule has 7 nitrogen and oxygen atoms in total. The maximum atomic E-state index is 12.6. The van der Waals surface area contributed by atoms with E-state index < -0.39 is 10.0 Å². The van der Waals surface area contributed by atoms with Gasteiger partial charge in [-0.25, -0.2) is 13.4 Å². The van der Waals surface area contributed by atoms with Gasteiger partial charge in [0.05, 0.1) is 22.2 Å². The molecule has 0 atom stereocenters. The van der Waals surface area contributed by atoms with Gasteiger partial charge in [-0.15, -0.1) is 0 Å². The summed E-state index contributed by atoms with van der Waals surface area (Å²) in [4.78, 5) is 16.9. The van der Waals surface area contributed by atoms with Gasteiger partial charge in [0, 0.05) is 11.3 Å². The SMILES string of the molecule is COc1ccc(NS(=O)(=O)c2ccc(C(=O)Nc3nc4ccccc4s3)cc2)cc1. The number of anilines is 2. The number of fused-ring (bicyclic) bond motifs is 1. The van der Waals surface area contributed by atoms with E-state index in [4.69, 9.17) is 4.74 Å². The summed E-state index contributed by atoms with van der Waals surface area (Å²) >= 11 is 1.37. The van der Waals surface area contributed by atoms with Crippen LogP contribution in [0.5, 0.6) is 5.75 Å². The first-order valence-electron chi connectivity index (χ1n) is 8.88. The lowest BCUT2D eigenvalue weighted by molar-refractivity contribution is 0.102. The lowest BCUT2D eigenvalue weighted by atomic mass is 10.2. The van der Waals surface area contributed by atoms with Crippen molar-refractivity contribution >= 4 is 48.3 Å². The van der Waals surface area contributed by atoms with Gasteiger partial charge in [-0.05, 0) is 60.7 Å². The van der Waals surface area contributed by atoms with Gasteiger partial charge < -0.3 is 4.74 Å². The highest BCUT2D eigenvalue weighted by Gasteiger charge is 2.16. The van der Waals surface area contributed by atoms with Crippen LogP contribution in [0.1, 0.15) is 10.4 Å². The number of aromatic nitrogens is 1. The van der Waals surface area contributed by atoms with Gasteiger partial charge in [0.2, 0.25) is 0 Å². The third kappa shape index (κ3) is 4.27. The molecule has 0 spiro atoms. The van der Waals surface area contributed by atoms with Crippen LogP contribution in [0, 0.1) is 0 Å². The van der Waals surface area contributed by atoms with Crippen LogP contribution < -0.4 is 14.8 Å². The van der Waals surface area contributed by atoms with Gasteiger partial charge in [-0.1, -0.05) is 23.5 Å². The number of benzene rings is 3. The molecule has 2 N–H and O–H groups in total. The number of sulfonamides is 1. The Bertz CT molecular complexity index is 1270. The maximum Gasteiger partial charge on any atom is 0.261 e. The number of thiazole rings is 1. The number of carbonyl (C=O) groups excluding carboxylic acids is 1. The summed E-state index contributed by atoms with van der Waals surface area (Å²) in [7, 11) is -2.25. The highest BCUT2D eigenvalue weighted by molar-refractivity contribution is 7.92. The first-order valence-corrected chi connectivity index (χ1v) is 11.2. The van der Waals surface area contributed by atoms with Crippen LogP contribution >= 0.6 is 11.3 Å². The Labute approximate surface area is 177 Å². The van der Waals surface area contributed by atoms with E-state index in [1.807, 2.05) is 24.3 Å². The molecule has 1 heterocycles. The van der Waals surface area contributed by atoms with Crippen LogP contribution in [0.4, 0.5) is 10.8 Å². The number of amides is 1. The summed E-state index contributed by atoms with van der Waals surface area (Å²) in [6.45, 7) is 0. The van der Waals surface area contributed by atoms with E-state index in [-0.39, 0.29) is 10.8 Å². The van der Waals surface area contributed by atoms with Gasteiger partial charge in [0.15, 0.2) is 5.13 Å². The molecule has 4 rings (SSSR count). The minimum atomic E-state index is -3.78. The second kappa shape index (κ2) is 8.13. The summed E-state index contributed by atoms with van der Waals surface area (Å²) < 4.78 is 33.7. The highest BCUT2D eigenvalue weighted by Crippen LogP contribution is 2.26. The van der Waals surface area contributed by atoms with Crippen LogP contribution in [0.2, 0.25) is 0 Å². The minimum Gasteiger partial charge on any atom is -0.497 e. The van der Waals surface area contributed by atoms with Crippen molar-refractivity contribution in [2.45, 2.75) is 4.90 Å². The molecule has 0 aliphatic rings. The minimum absolute atomic E-state index is 0.0508. The smallest absolute Gasteiger partial charge is 0.261 e. The van der Waals surface area contributed by atoms with E-state index in [1.165, 1.54) is 42.7 Å². The molecule has 1 amide bonds. The van der Waals surface area contributed by atoms with Gasteiger partial charge >= 0.3 is 0 Å². The normalized spacial score (nSPS) is 11.2. The Balaban J connectivity index is 1.47. The Hall–Kier alpha value is -3.43. The van der Waals surface area contributed by atoms with E-state index >= 15 is 0 Å². The zero-order valence-corrected chi connectivity index (χ0v) is 17.5. The predicted molar refractivity (Wildman–Crippen MR) is 118 cm³/mol. The summed E-state index contributed by atoms with van der Waals surface area (Å²) in [5.74, 6) is 0.266. The molecule has 3 aromatic carbocycles. The topological polar surface area (TPSA) is 97.4 Å². The van der Waals surface area contributed by atoms with Crippen molar-refractivity contribution in [1.29, 1.82) is 0 Å². The first-order chi connectivity index (χ1) is 14.4. The van der Waals surface area contributed by atoms with Crippen molar-refractivity contribution in [3.8, 4) is 5.75 Å². The molecule has 0 unspecified atom stereocenters. The fourth-order valence-electron chi connectivity index (χ4n) is 2.75. The van der Waals surface area contributed by atoms with E-state index in [1.54, 1.807) is 24.3 Å². The molecule has 0 saturated carbocycles. The number of hydrogen-bond acceptors (Lipinski definition) is 6. The van der Waals surface area contributed by atoms with Crippen LogP contribution in [0.3, 0.4) is 0 Å².